The number of nitrogens with zero attached hydrogens (tertiary/aromatic N) is 1. The van der Waals surface area contributed by atoms with Crippen LogP contribution in [0.4, 0.5) is 0 Å². The fourth-order valence-electron chi connectivity index (χ4n) is 1.61. The Morgan fingerprint density at radius 1 is 1.38 bits per heavy atom. The van der Waals surface area contributed by atoms with Crippen molar-refractivity contribution in [2.45, 2.75) is 37.3 Å². The van der Waals surface area contributed by atoms with Gasteiger partial charge in [0, 0.05) is 12.2 Å². The fourth-order valence-corrected chi connectivity index (χ4v) is 1.97. The standard InChI is InChI=1S/C11H20N4O5S/c12-5-1-4-11(6-21,15-20)10(19)14-7(9(17)18)2-3-8(13)16/h7,21H,1-6,12H2,(H2,13,16)(H,14,19)(H,17,18)/t7-,11?/m0/s1. The summed E-state index contributed by atoms with van der Waals surface area (Å²) in [6.07, 6.45) is 0.0421. The molecule has 120 valence electrons. The van der Waals surface area contributed by atoms with E-state index in [0.717, 1.165) is 0 Å². The van der Waals surface area contributed by atoms with Crippen molar-refractivity contribution >= 4 is 30.4 Å². The molecule has 0 radical (unpaired) electrons. The molecule has 0 aromatic heterocycles. The Hall–Kier alpha value is -1.68. The third-order valence-corrected chi connectivity index (χ3v) is 3.46. The molecule has 6 N–H and O–H groups in total. The number of thiol groups is 1. The van der Waals surface area contributed by atoms with Gasteiger partial charge in [0.1, 0.15) is 6.04 Å². The predicted molar refractivity (Wildman–Crippen MR) is 78.7 cm³/mol. The van der Waals surface area contributed by atoms with Crippen molar-refractivity contribution in [2.24, 2.45) is 16.6 Å². The van der Waals surface area contributed by atoms with E-state index in [4.69, 9.17) is 16.6 Å². The van der Waals surface area contributed by atoms with E-state index in [1.54, 1.807) is 0 Å². The summed E-state index contributed by atoms with van der Waals surface area (Å²) in [5.74, 6) is -3.04. The van der Waals surface area contributed by atoms with Crippen LogP contribution in [0.1, 0.15) is 25.7 Å². The highest BCUT2D eigenvalue weighted by Gasteiger charge is 2.40. The van der Waals surface area contributed by atoms with Crippen LogP contribution in [0.5, 0.6) is 0 Å². The van der Waals surface area contributed by atoms with Gasteiger partial charge in [-0.1, -0.05) is 5.18 Å². The van der Waals surface area contributed by atoms with Crippen molar-refractivity contribution in [3.63, 3.8) is 0 Å². The number of rotatable bonds is 11. The maximum Gasteiger partial charge on any atom is 0.326 e. The monoisotopic (exact) mass is 320 g/mol. The topological polar surface area (TPSA) is 165 Å². The molecule has 0 aliphatic rings. The predicted octanol–water partition coefficient (Wildman–Crippen LogP) is -1.00. The van der Waals surface area contributed by atoms with Crippen molar-refractivity contribution < 1.29 is 19.5 Å². The van der Waals surface area contributed by atoms with Crippen molar-refractivity contribution in [1.29, 1.82) is 0 Å². The van der Waals surface area contributed by atoms with Crippen LogP contribution in [-0.4, -0.2) is 46.8 Å². The Bertz CT molecular complexity index is 406. The minimum Gasteiger partial charge on any atom is -0.480 e. The number of carbonyl (C=O) groups excluding carboxylic acids is 2. The van der Waals surface area contributed by atoms with E-state index in [1.807, 2.05) is 0 Å². The van der Waals surface area contributed by atoms with Crippen LogP contribution in [-0.2, 0) is 14.4 Å². The second kappa shape index (κ2) is 9.29. The Kier molecular flexibility index (Phi) is 8.55. The van der Waals surface area contributed by atoms with Crippen LogP contribution < -0.4 is 16.8 Å². The van der Waals surface area contributed by atoms with Gasteiger partial charge in [0.2, 0.25) is 5.91 Å². The summed E-state index contributed by atoms with van der Waals surface area (Å²) in [6, 6.07) is -1.33. The summed E-state index contributed by atoms with van der Waals surface area (Å²) < 4.78 is 0. The quantitative estimate of drug-likeness (QED) is 0.242. The Labute approximate surface area is 127 Å². The summed E-state index contributed by atoms with van der Waals surface area (Å²) in [4.78, 5) is 44.9. The van der Waals surface area contributed by atoms with Gasteiger partial charge in [0.15, 0.2) is 5.54 Å². The average Bonchev–Trinajstić information content (AvgIpc) is 2.44. The molecule has 1 unspecified atom stereocenters. The highest BCUT2D eigenvalue weighted by Crippen LogP contribution is 2.20. The highest BCUT2D eigenvalue weighted by molar-refractivity contribution is 7.80. The van der Waals surface area contributed by atoms with Gasteiger partial charge in [-0.25, -0.2) is 4.79 Å². The average molecular weight is 320 g/mol. The lowest BCUT2D eigenvalue weighted by Crippen LogP contribution is -2.52. The molecule has 0 heterocycles. The first-order valence-electron chi connectivity index (χ1n) is 6.30. The summed E-state index contributed by atoms with van der Waals surface area (Å²) in [7, 11) is 0. The molecule has 0 aromatic rings. The van der Waals surface area contributed by atoms with Crippen molar-refractivity contribution in [1.82, 2.24) is 5.32 Å². The van der Waals surface area contributed by atoms with Gasteiger partial charge in [-0.3, -0.25) is 9.59 Å². The zero-order chi connectivity index (χ0) is 16.5. The molecule has 0 saturated carbocycles. The van der Waals surface area contributed by atoms with E-state index >= 15 is 0 Å². The van der Waals surface area contributed by atoms with Gasteiger partial charge in [-0.2, -0.15) is 12.6 Å². The largest absolute Gasteiger partial charge is 0.480 e. The third-order valence-electron chi connectivity index (χ3n) is 2.94. The first kappa shape index (κ1) is 19.3. The number of nitrogens with one attached hydrogen (secondary N) is 1. The molecule has 0 aliphatic carbocycles. The molecule has 2 amide bonds. The Morgan fingerprint density at radius 2 is 2.00 bits per heavy atom. The van der Waals surface area contributed by atoms with Gasteiger partial charge >= 0.3 is 5.97 Å². The van der Waals surface area contributed by atoms with Crippen LogP contribution in [0.3, 0.4) is 0 Å². The van der Waals surface area contributed by atoms with E-state index in [9.17, 15) is 19.3 Å². The third kappa shape index (κ3) is 6.08. The van der Waals surface area contributed by atoms with Crippen LogP contribution in [0.15, 0.2) is 5.18 Å². The summed E-state index contributed by atoms with van der Waals surface area (Å²) in [5, 5.41) is 14.0. The Morgan fingerprint density at radius 3 is 2.38 bits per heavy atom. The van der Waals surface area contributed by atoms with E-state index < -0.39 is 29.4 Å². The van der Waals surface area contributed by atoms with E-state index in [1.165, 1.54) is 0 Å². The molecule has 9 nitrogen and oxygen atoms in total. The van der Waals surface area contributed by atoms with Crippen molar-refractivity contribution in [3.8, 4) is 0 Å². The van der Waals surface area contributed by atoms with Crippen LogP contribution in [0, 0.1) is 4.91 Å². The van der Waals surface area contributed by atoms with Gasteiger partial charge in [-0.15, -0.1) is 4.91 Å². The van der Waals surface area contributed by atoms with E-state index in [-0.39, 0.29) is 31.6 Å². The van der Waals surface area contributed by atoms with Gasteiger partial charge in [0.25, 0.3) is 5.91 Å². The molecular formula is C11H20N4O5S. The van der Waals surface area contributed by atoms with Gasteiger partial charge in [0.05, 0.1) is 0 Å². The highest BCUT2D eigenvalue weighted by atomic mass is 32.1. The van der Waals surface area contributed by atoms with Crippen LogP contribution in [0.2, 0.25) is 0 Å². The second-order valence-corrected chi connectivity index (χ2v) is 4.86. The summed E-state index contributed by atoms with van der Waals surface area (Å²) >= 11 is 3.94. The lowest BCUT2D eigenvalue weighted by atomic mass is 9.94. The number of hydrogen-bond acceptors (Lipinski definition) is 7. The summed E-state index contributed by atoms with van der Waals surface area (Å²) in [6.45, 7) is 0.252. The molecule has 2 atom stereocenters. The number of carbonyl (C=O) groups is 3. The minimum atomic E-state index is -1.68. The van der Waals surface area contributed by atoms with E-state index in [0.29, 0.717) is 6.42 Å². The fraction of sp³-hybridized carbons (Fsp3) is 0.727. The molecule has 0 fully saturated rings. The molecule has 0 aliphatic heterocycles. The lowest BCUT2D eigenvalue weighted by Gasteiger charge is -2.25. The maximum atomic E-state index is 12.1. The normalized spacial score (nSPS) is 14.8. The van der Waals surface area contributed by atoms with Gasteiger partial charge in [-0.05, 0) is 25.8 Å². The molecule has 10 heteroatoms. The zero-order valence-corrected chi connectivity index (χ0v) is 12.3. The van der Waals surface area contributed by atoms with Crippen LogP contribution >= 0.6 is 12.6 Å². The molecular weight excluding hydrogens is 300 g/mol. The number of nitrogens with two attached hydrogens (primary N) is 2. The number of carboxylic acids is 1. The second-order valence-electron chi connectivity index (χ2n) is 4.54. The molecule has 21 heavy (non-hydrogen) atoms. The molecule has 0 aromatic carbocycles. The minimum absolute atomic E-state index is 0.0600. The van der Waals surface area contributed by atoms with E-state index in [2.05, 4.69) is 23.1 Å². The van der Waals surface area contributed by atoms with Crippen molar-refractivity contribution in [2.75, 3.05) is 12.3 Å². The molecule has 0 bridgehead atoms. The summed E-state index contributed by atoms with van der Waals surface area (Å²) in [5.41, 5.74) is 8.59. The number of nitroso groups, excluding NO2 is 1. The zero-order valence-electron chi connectivity index (χ0n) is 11.4. The lowest BCUT2D eigenvalue weighted by molar-refractivity contribution is -0.143. The number of hydrogen-bond donors (Lipinski definition) is 5. The molecule has 0 spiro atoms. The first-order valence-corrected chi connectivity index (χ1v) is 6.93. The number of carboxylic acid groups (broad SMARTS) is 1. The number of amides is 2. The number of primary amides is 1. The van der Waals surface area contributed by atoms with Crippen LogP contribution in [0.25, 0.3) is 0 Å². The maximum absolute atomic E-state index is 12.1. The van der Waals surface area contributed by atoms with Gasteiger partial charge < -0.3 is 21.9 Å². The smallest absolute Gasteiger partial charge is 0.326 e. The first-order chi connectivity index (χ1) is 9.82. The number of aliphatic carboxylic acids is 1. The molecule has 0 rings (SSSR count). The van der Waals surface area contributed by atoms with Crippen molar-refractivity contribution in [3.05, 3.63) is 4.91 Å². The SMILES string of the molecule is NCCCC(CS)(N=O)C(=O)N[C@@H](CCC(N)=O)C(=O)O. The molecule has 0 saturated heterocycles. The Balaban J connectivity index is 4.94.